The molecule has 0 spiro atoms. The van der Waals surface area contributed by atoms with Gasteiger partial charge in [-0.2, -0.15) is 4.73 Å². The van der Waals surface area contributed by atoms with Crippen LogP contribution in [0.5, 0.6) is 11.5 Å². The number of esters is 1. The number of benzene rings is 1. The fourth-order valence-corrected chi connectivity index (χ4v) is 2.41. The van der Waals surface area contributed by atoms with Crippen molar-refractivity contribution in [3.05, 3.63) is 59.1 Å². The highest BCUT2D eigenvalue weighted by molar-refractivity contribution is 5.91. The lowest BCUT2D eigenvalue weighted by atomic mass is 10.1. The van der Waals surface area contributed by atoms with Crippen LogP contribution in [0.1, 0.15) is 29.8 Å². The summed E-state index contributed by atoms with van der Waals surface area (Å²) in [6.07, 6.45) is 2.96. The van der Waals surface area contributed by atoms with Crippen LogP contribution in [0.4, 0.5) is 0 Å². The third kappa shape index (κ3) is 6.46. The van der Waals surface area contributed by atoms with Crippen molar-refractivity contribution >= 4 is 11.9 Å². The van der Waals surface area contributed by atoms with Gasteiger partial charge in [-0.3, -0.25) is 4.79 Å². The Morgan fingerprint density at radius 3 is 2.39 bits per heavy atom. The van der Waals surface area contributed by atoms with E-state index >= 15 is 0 Å². The van der Waals surface area contributed by atoms with E-state index in [0.29, 0.717) is 42.4 Å². The molecular formula is C20H24N2O6. The smallest absolute Gasteiger partial charge is 0.339 e. The molecule has 0 fully saturated rings. The van der Waals surface area contributed by atoms with E-state index in [1.54, 1.807) is 0 Å². The fourth-order valence-electron chi connectivity index (χ4n) is 2.41. The number of carbonyl (C=O) groups excluding carboxylic acids is 2. The summed E-state index contributed by atoms with van der Waals surface area (Å²) in [6.45, 7) is 4.88. The maximum absolute atomic E-state index is 11.8. The second-order valence-corrected chi connectivity index (χ2v) is 5.77. The quantitative estimate of drug-likeness (QED) is 0.377. The second kappa shape index (κ2) is 10.8. The van der Waals surface area contributed by atoms with Crippen molar-refractivity contribution in [1.29, 1.82) is 0 Å². The predicted octanol–water partition coefficient (Wildman–Crippen LogP) is 1.63. The zero-order chi connectivity index (χ0) is 20.4. The lowest BCUT2D eigenvalue weighted by molar-refractivity contribution is -0.605. The van der Waals surface area contributed by atoms with E-state index in [0.717, 1.165) is 5.56 Å². The molecule has 0 unspecified atom stereocenters. The molecule has 0 atom stereocenters. The van der Waals surface area contributed by atoms with Gasteiger partial charge in [0, 0.05) is 18.7 Å². The van der Waals surface area contributed by atoms with Gasteiger partial charge in [0.15, 0.2) is 30.5 Å². The molecule has 0 saturated heterocycles. The van der Waals surface area contributed by atoms with Gasteiger partial charge in [-0.05, 0) is 38.0 Å². The molecule has 0 aliphatic rings. The third-order valence-electron chi connectivity index (χ3n) is 3.72. The Hall–Kier alpha value is -3.29. The summed E-state index contributed by atoms with van der Waals surface area (Å²) >= 11 is 0. The summed E-state index contributed by atoms with van der Waals surface area (Å²) in [4.78, 5) is 23.6. The van der Waals surface area contributed by atoms with Gasteiger partial charge in [0.2, 0.25) is 0 Å². The number of amides is 1. The molecule has 28 heavy (non-hydrogen) atoms. The van der Waals surface area contributed by atoms with E-state index in [-0.39, 0.29) is 5.56 Å². The minimum absolute atomic E-state index is 0.206. The minimum Gasteiger partial charge on any atom is -0.619 e. The Kier molecular flexibility index (Phi) is 8.08. The number of nitrogens with one attached hydrogen (secondary N) is 1. The number of aromatic nitrogens is 1. The zero-order valence-corrected chi connectivity index (χ0v) is 16.0. The third-order valence-corrected chi connectivity index (χ3v) is 3.72. The van der Waals surface area contributed by atoms with Crippen LogP contribution in [-0.2, 0) is 16.0 Å². The Labute approximate surface area is 163 Å². The van der Waals surface area contributed by atoms with Crippen LogP contribution in [0.15, 0.2) is 42.7 Å². The van der Waals surface area contributed by atoms with Gasteiger partial charge >= 0.3 is 5.97 Å². The molecule has 2 aromatic rings. The Bertz CT molecular complexity index is 792. The van der Waals surface area contributed by atoms with E-state index in [2.05, 4.69) is 5.32 Å². The van der Waals surface area contributed by atoms with E-state index in [4.69, 9.17) is 14.2 Å². The van der Waals surface area contributed by atoms with Crippen molar-refractivity contribution in [2.75, 3.05) is 26.4 Å². The lowest BCUT2D eigenvalue weighted by Crippen LogP contribution is -2.30. The van der Waals surface area contributed by atoms with E-state index in [1.165, 1.54) is 24.5 Å². The number of ether oxygens (including phenoxy) is 3. The molecule has 1 aromatic heterocycles. The number of hydrogen-bond donors (Lipinski definition) is 1. The standard InChI is InChI=1S/C20H24N2O6/c1-3-26-17-6-5-15(13-18(17)27-4-2)7-10-21-19(23)14-28-20(24)16-8-11-22(25)12-9-16/h5-6,8-9,11-13H,3-4,7,10,14H2,1-2H3,(H,21,23). The van der Waals surface area contributed by atoms with Crippen LogP contribution in [0, 0.1) is 5.21 Å². The summed E-state index contributed by atoms with van der Waals surface area (Å²) in [5.74, 6) is 0.291. The highest BCUT2D eigenvalue weighted by Gasteiger charge is 2.11. The molecule has 1 amide bonds. The van der Waals surface area contributed by atoms with Crippen molar-refractivity contribution in [1.82, 2.24) is 5.32 Å². The SMILES string of the molecule is CCOc1ccc(CCNC(=O)COC(=O)c2cc[n+]([O-])cc2)cc1OCC. The first-order chi connectivity index (χ1) is 13.5. The van der Waals surface area contributed by atoms with Crippen LogP contribution < -0.4 is 19.5 Å². The van der Waals surface area contributed by atoms with Crippen LogP contribution in [0.3, 0.4) is 0 Å². The van der Waals surface area contributed by atoms with E-state index < -0.39 is 18.5 Å². The number of hydrogen-bond acceptors (Lipinski definition) is 6. The van der Waals surface area contributed by atoms with Crippen molar-refractivity contribution in [3.63, 3.8) is 0 Å². The lowest BCUT2D eigenvalue weighted by Gasteiger charge is -2.12. The van der Waals surface area contributed by atoms with Crippen molar-refractivity contribution in [3.8, 4) is 11.5 Å². The summed E-state index contributed by atoms with van der Waals surface area (Å²) < 4.78 is 16.6. The molecule has 8 heteroatoms. The first-order valence-electron chi connectivity index (χ1n) is 9.04. The van der Waals surface area contributed by atoms with Gasteiger partial charge in [-0.25, -0.2) is 4.79 Å². The number of pyridine rings is 1. The molecule has 0 saturated carbocycles. The molecule has 0 bridgehead atoms. The highest BCUT2D eigenvalue weighted by atomic mass is 16.5. The van der Waals surface area contributed by atoms with Crippen molar-refractivity contribution in [2.45, 2.75) is 20.3 Å². The normalized spacial score (nSPS) is 10.2. The zero-order valence-electron chi connectivity index (χ0n) is 16.0. The summed E-state index contributed by atoms with van der Waals surface area (Å²) in [5, 5.41) is 13.6. The summed E-state index contributed by atoms with van der Waals surface area (Å²) in [6, 6.07) is 8.30. The number of rotatable bonds is 10. The second-order valence-electron chi connectivity index (χ2n) is 5.77. The molecule has 1 aromatic carbocycles. The molecule has 8 nitrogen and oxygen atoms in total. The van der Waals surface area contributed by atoms with Crippen molar-refractivity contribution in [2.24, 2.45) is 0 Å². The topological polar surface area (TPSA) is 101 Å². The summed E-state index contributed by atoms with van der Waals surface area (Å²) in [5.41, 5.74) is 1.19. The molecular weight excluding hydrogens is 364 g/mol. The first kappa shape index (κ1) is 21.0. The Morgan fingerprint density at radius 1 is 1.04 bits per heavy atom. The highest BCUT2D eigenvalue weighted by Crippen LogP contribution is 2.28. The fraction of sp³-hybridized carbons (Fsp3) is 0.350. The average molecular weight is 388 g/mol. The Morgan fingerprint density at radius 2 is 1.71 bits per heavy atom. The largest absolute Gasteiger partial charge is 0.619 e. The van der Waals surface area contributed by atoms with Gasteiger partial charge in [-0.1, -0.05) is 6.07 Å². The molecule has 0 aliphatic heterocycles. The monoisotopic (exact) mass is 388 g/mol. The number of nitrogens with zero attached hydrogens (tertiary/aromatic N) is 1. The molecule has 2 rings (SSSR count). The predicted molar refractivity (Wildman–Crippen MR) is 101 cm³/mol. The molecule has 150 valence electrons. The van der Waals surface area contributed by atoms with Crippen LogP contribution in [-0.4, -0.2) is 38.2 Å². The van der Waals surface area contributed by atoms with Gasteiger partial charge < -0.3 is 24.7 Å². The van der Waals surface area contributed by atoms with Crippen LogP contribution in [0.25, 0.3) is 0 Å². The van der Waals surface area contributed by atoms with Gasteiger partial charge in [-0.15, -0.1) is 0 Å². The van der Waals surface area contributed by atoms with E-state index in [9.17, 15) is 14.8 Å². The van der Waals surface area contributed by atoms with Gasteiger partial charge in [0.25, 0.3) is 5.91 Å². The minimum atomic E-state index is -0.663. The molecule has 0 radical (unpaired) electrons. The first-order valence-corrected chi connectivity index (χ1v) is 9.04. The Balaban J connectivity index is 1.77. The maximum atomic E-state index is 11.8. The maximum Gasteiger partial charge on any atom is 0.339 e. The summed E-state index contributed by atoms with van der Waals surface area (Å²) in [7, 11) is 0. The molecule has 1 heterocycles. The van der Waals surface area contributed by atoms with E-state index in [1.807, 2.05) is 32.0 Å². The average Bonchev–Trinajstić information content (AvgIpc) is 2.69. The molecule has 0 aliphatic carbocycles. The molecule has 1 N–H and O–H groups in total. The number of carbonyl (C=O) groups is 2. The van der Waals surface area contributed by atoms with Gasteiger partial charge in [0.1, 0.15) is 0 Å². The van der Waals surface area contributed by atoms with Crippen LogP contribution in [0.2, 0.25) is 0 Å². The van der Waals surface area contributed by atoms with Gasteiger partial charge in [0.05, 0.1) is 18.8 Å². The van der Waals surface area contributed by atoms with Crippen molar-refractivity contribution < 1.29 is 28.5 Å². The van der Waals surface area contributed by atoms with Crippen LogP contribution >= 0.6 is 0 Å².